The molecule has 1 heteroatoms. The maximum absolute atomic E-state index is 5.86. The zero-order chi connectivity index (χ0) is 12.5. The number of hydrogen-bond acceptors (Lipinski definition) is 1. The van der Waals surface area contributed by atoms with Crippen LogP contribution in [0.5, 0.6) is 5.75 Å². The van der Waals surface area contributed by atoms with Gasteiger partial charge >= 0.3 is 0 Å². The number of aryl methyl sites for hydroxylation is 1. The Hall–Kier alpha value is -0.980. The Labute approximate surface area is 111 Å². The SMILES string of the molecule is CC(C)Oc1ccc2c(c1)C1CCCCC1CC2. The van der Waals surface area contributed by atoms with Crippen molar-refractivity contribution in [2.45, 2.75) is 64.4 Å². The Morgan fingerprint density at radius 3 is 2.78 bits per heavy atom. The summed E-state index contributed by atoms with van der Waals surface area (Å²) in [4.78, 5) is 0. The highest BCUT2D eigenvalue weighted by molar-refractivity contribution is 5.40. The number of benzene rings is 1. The predicted octanol–water partition coefficient (Wildman–Crippen LogP) is 4.69. The molecule has 0 heterocycles. The summed E-state index contributed by atoms with van der Waals surface area (Å²) in [7, 11) is 0. The molecule has 2 aliphatic carbocycles. The molecule has 18 heavy (non-hydrogen) atoms. The summed E-state index contributed by atoms with van der Waals surface area (Å²) in [5.41, 5.74) is 3.18. The molecule has 1 saturated carbocycles. The van der Waals surface area contributed by atoms with Crippen molar-refractivity contribution in [3.63, 3.8) is 0 Å². The summed E-state index contributed by atoms with van der Waals surface area (Å²) in [6, 6.07) is 6.79. The van der Waals surface area contributed by atoms with Crippen LogP contribution in [-0.2, 0) is 6.42 Å². The lowest BCUT2D eigenvalue weighted by Crippen LogP contribution is -2.24. The Morgan fingerprint density at radius 2 is 1.94 bits per heavy atom. The molecule has 1 fully saturated rings. The van der Waals surface area contributed by atoms with Gasteiger partial charge < -0.3 is 4.74 Å². The van der Waals surface area contributed by atoms with Crippen molar-refractivity contribution in [2.75, 3.05) is 0 Å². The fraction of sp³-hybridized carbons (Fsp3) is 0.647. The predicted molar refractivity (Wildman–Crippen MR) is 75.2 cm³/mol. The second kappa shape index (κ2) is 4.95. The molecule has 0 radical (unpaired) electrons. The summed E-state index contributed by atoms with van der Waals surface area (Å²) in [6.07, 6.45) is 8.64. The van der Waals surface area contributed by atoms with Crippen molar-refractivity contribution in [3.05, 3.63) is 29.3 Å². The van der Waals surface area contributed by atoms with Gasteiger partial charge in [-0.2, -0.15) is 0 Å². The van der Waals surface area contributed by atoms with Gasteiger partial charge in [-0.3, -0.25) is 0 Å². The standard InChI is InChI=1S/C17H24O/c1-12(2)18-15-10-9-14-8-7-13-5-3-4-6-16(13)17(14)11-15/h9-13,16H,3-8H2,1-2H3. The average molecular weight is 244 g/mol. The van der Waals surface area contributed by atoms with E-state index in [1.807, 2.05) is 0 Å². The highest BCUT2D eigenvalue weighted by atomic mass is 16.5. The van der Waals surface area contributed by atoms with Crippen molar-refractivity contribution in [1.29, 1.82) is 0 Å². The second-order valence-electron chi connectivity index (χ2n) is 6.22. The number of rotatable bonds is 2. The molecule has 1 aromatic rings. The highest BCUT2D eigenvalue weighted by Gasteiger charge is 2.31. The van der Waals surface area contributed by atoms with E-state index in [1.54, 1.807) is 11.1 Å². The first-order chi connectivity index (χ1) is 8.74. The topological polar surface area (TPSA) is 9.23 Å². The van der Waals surface area contributed by atoms with E-state index in [4.69, 9.17) is 4.74 Å². The monoisotopic (exact) mass is 244 g/mol. The molecule has 0 spiro atoms. The summed E-state index contributed by atoms with van der Waals surface area (Å²) in [5, 5.41) is 0. The van der Waals surface area contributed by atoms with Crippen LogP contribution in [0, 0.1) is 5.92 Å². The summed E-state index contributed by atoms with van der Waals surface area (Å²) in [6.45, 7) is 4.20. The van der Waals surface area contributed by atoms with E-state index in [-0.39, 0.29) is 6.10 Å². The van der Waals surface area contributed by atoms with E-state index < -0.39 is 0 Å². The zero-order valence-corrected chi connectivity index (χ0v) is 11.6. The van der Waals surface area contributed by atoms with Crippen molar-refractivity contribution < 1.29 is 4.74 Å². The third kappa shape index (κ3) is 2.28. The van der Waals surface area contributed by atoms with Gasteiger partial charge in [-0.05, 0) is 74.6 Å². The first-order valence-electron chi connectivity index (χ1n) is 7.53. The minimum absolute atomic E-state index is 0.272. The van der Waals surface area contributed by atoms with Crippen molar-refractivity contribution in [2.24, 2.45) is 5.92 Å². The van der Waals surface area contributed by atoms with Crippen LogP contribution in [0.15, 0.2) is 18.2 Å². The maximum atomic E-state index is 5.86. The summed E-state index contributed by atoms with van der Waals surface area (Å²) >= 11 is 0. The Balaban J connectivity index is 1.90. The molecule has 0 N–H and O–H groups in total. The van der Waals surface area contributed by atoms with Crippen LogP contribution in [0.25, 0.3) is 0 Å². The van der Waals surface area contributed by atoms with Crippen LogP contribution in [0.2, 0.25) is 0 Å². The second-order valence-corrected chi connectivity index (χ2v) is 6.22. The molecule has 1 aromatic carbocycles. The molecule has 0 aromatic heterocycles. The van der Waals surface area contributed by atoms with Gasteiger partial charge in [0.25, 0.3) is 0 Å². The Kier molecular flexibility index (Phi) is 3.32. The van der Waals surface area contributed by atoms with Gasteiger partial charge in [-0.15, -0.1) is 0 Å². The van der Waals surface area contributed by atoms with Gasteiger partial charge in [0, 0.05) is 0 Å². The fourth-order valence-corrected chi connectivity index (χ4v) is 3.79. The molecule has 2 aliphatic rings. The smallest absolute Gasteiger partial charge is 0.119 e. The molecule has 98 valence electrons. The van der Waals surface area contributed by atoms with Gasteiger partial charge in [0.1, 0.15) is 5.75 Å². The van der Waals surface area contributed by atoms with Gasteiger partial charge in [0.15, 0.2) is 0 Å². The number of fused-ring (bicyclic) bond motifs is 3. The molecule has 1 nitrogen and oxygen atoms in total. The summed E-state index contributed by atoms with van der Waals surface area (Å²) < 4.78 is 5.86. The molecular formula is C17H24O. The quantitative estimate of drug-likeness (QED) is 0.733. The maximum Gasteiger partial charge on any atom is 0.119 e. The normalized spacial score (nSPS) is 26.6. The number of hydrogen-bond donors (Lipinski definition) is 0. The molecule has 2 atom stereocenters. The van der Waals surface area contributed by atoms with Crippen LogP contribution in [0.3, 0.4) is 0 Å². The number of ether oxygens (including phenoxy) is 1. The highest BCUT2D eigenvalue weighted by Crippen LogP contribution is 2.45. The van der Waals surface area contributed by atoms with E-state index in [1.165, 1.54) is 38.5 Å². The van der Waals surface area contributed by atoms with Gasteiger partial charge in [0.2, 0.25) is 0 Å². The molecular weight excluding hydrogens is 220 g/mol. The molecule has 0 amide bonds. The van der Waals surface area contributed by atoms with Crippen molar-refractivity contribution in [1.82, 2.24) is 0 Å². The first-order valence-corrected chi connectivity index (χ1v) is 7.53. The minimum Gasteiger partial charge on any atom is -0.491 e. The van der Waals surface area contributed by atoms with Crippen molar-refractivity contribution >= 4 is 0 Å². The zero-order valence-electron chi connectivity index (χ0n) is 11.6. The largest absolute Gasteiger partial charge is 0.491 e. The van der Waals surface area contributed by atoms with Gasteiger partial charge in [-0.25, -0.2) is 0 Å². The molecule has 3 rings (SSSR count). The Morgan fingerprint density at radius 1 is 1.11 bits per heavy atom. The van der Waals surface area contributed by atoms with Gasteiger partial charge in [0.05, 0.1) is 6.10 Å². The molecule has 0 saturated heterocycles. The van der Waals surface area contributed by atoms with Crippen molar-refractivity contribution in [3.8, 4) is 5.75 Å². The fourth-order valence-electron chi connectivity index (χ4n) is 3.79. The van der Waals surface area contributed by atoms with Crippen LogP contribution >= 0.6 is 0 Å². The van der Waals surface area contributed by atoms with E-state index in [2.05, 4.69) is 32.0 Å². The van der Waals surface area contributed by atoms with Crippen LogP contribution < -0.4 is 4.74 Å². The Bertz CT molecular complexity index is 422. The molecule has 0 aliphatic heterocycles. The van der Waals surface area contributed by atoms with Crippen LogP contribution in [0.1, 0.15) is 63.0 Å². The lowest BCUT2D eigenvalue weighted by molar-refractivity contribution is 0.239. The van der Waals surface area contributed by atoms with E-state index >= 15 is 0 Å². The van der Waals surface area contributed by atoms with E-state index in [0.29, 0.717) is 0 Å². The van der Waals surface area contributed by atoms with Gasteiger partial charge in [-0.1, -0.05) is 18.9 Å². The van der Waals surface area contributed by atoms with E-state index in [0.717, 1.165) is 17.6 Å². The average Bonchev–Trinajstić information content (AvgIpc) is 2.38. The van der Waals surface area contributed by atoms with Crippen LogP contribution in [-0.4, -0.2) is 6.10 Å². The first kappa shape index (κ1) is 12.1. The molecule has 0 bridgehead atoms. The van der Waals surface area contributed by atoms with E-state index in [9.17, 15) is 0 Å². The van der Waals surface area contributed by atoms with Crippen LogP contribution in [0.4, 0.5) is 0 Å². The summed E-state index contributed by atoms with van der Waals surface area (Å²) in [5.74, 6) is 2.83. The third-order valence-corrected chi connectivity index (χ3v) is 4.58. The minimum atomic E-state index is 0.272. The molecule has 2 unspecified atom stereocenters. The lowest BCUT2D eigenvalue weighted by atomic mass is 9.68. The lowest BCUT2D eigenvalue weighted by Gasteiger charge is -2.37. The third-order valence-electron chi connectivity index (χ3n) is 4.58.